The Morgan fingerprint density at radius 3 is 3.06 bits per heavy atom. The Labute approximate surface area is 105 Å². The van der Waals surface area contributed by atoms with E-state index in [2.05, 4.69) is 4.98 Å². The lowest BCUT2D eigenvalue weighted by Crippen LogP contribution is -2.06. The lowest BCUT2D eigenvalue weighted by atomic mass is 10.1. The maximum atomic E-state index is 11.0. The first-order chi connectivity index (χ1) is 8.70. The highest BCUT2D eigenvalue weighted by Gasteiger charge is 2.21. The van der Waals surface area contributed by atoms with Gasteiger partial charge in [0, 0.05) is 20.1 Å². The van der Waals surface area contributed by atoms with Crippen LogP contribution in [0.15, 0.2) is 4.42 Å². The molecule has 1 atom stereocenters. The van der Waals surface area contributed by atoms with Crippen molar-refractivity contribution >= 4 is 5.97 Å². The Kier molecular flexibility index (Phi) is 4.33. The van der Waals surface area contributed by atoms with Crippen molar-refractivity contribution in [3.8, 4) is 0 Å². The molecule has 0 spiro atoms. The summed E-state index contributed by atoms with van der Waals surface area (Å²) < 4.78 is 15.6. The van der Waals surface area contributed by atoms with E-state index in [1.54, 1.807) is 0 Å². The van der Waals surface area contributed by atoms with E-state index in [0.29, 0.717) is 18.0 Å². The van der Waals surface area contributed by atoms with Crippen LogP contribution in [0.2, 0.25) is 0 Å². The third kappa shape index (κ3) is 3.08. The average molecular weight is 255 g/mol. The topological polar surface area (TPSA) is 81.8 Å². The van der Waals surface area contributed by atoms with Crippen LogP contribution in [-0.2, 0) is 22.5 Å². The zero-order valence-corrected chi connectivity index (χ0v) is 10.3. The fourth-order valence-electron chi connectivity index (χ4n) is 2.07. The van der Waals surface area contributed by atoms with Crippen LogP contribution in [0.4, 0.5) is 0 Å². The summed E-state index contributed by atoms with van der Waals surface area (Å²) in [5, 5.41) is 8.97. The van der Waals surface area contributed by atoms with E-state index in [0.717, 1.165) is 25.9 Å². The van der Waals surface area contributed by atoms with Gasteiger partial charge in [0.2, 0.25) is 5.76 Å². The summed E-state index contributed by atoms with van der Waals surface area (Å²) in [4.78, 5) is 15.1. The summed E-state index contributed by atoms with van der Waals surface area (Å²) in [6, 6.07) is 0. The van der Waals surface area contributed by atoms with Crippen molar-refractivity contribution in [2.24, 2.45) is 0 Å². The number of aryl methyl sites for hydroxylation is 1. The minimum Gasteiger partial charge on any atom is -0.475 e. The number of hydrogen-bond acceptors (Lipinski definition) is 5. The van der Waals surface area contributed by atoms with E-state index in [9.17, 15) is 4.79 Å². The quantitative estimate of drug-likeness (QED) is 0.832. The highest BCUT2D eigenvalue weighted by atomic mass is 16.5. The molecule has 6 heteroatoms. The van der Waals surface area contributed by atoms with Crippen LogP contribution < -0.4 is 0 Å². The summed E-state index contributed by atoms with van der Waals surface area (Å²) >= 11 is 0. The van der Waals surface area contributed by atoms with E-state index >= 15 is 0 Å². The number of nitrogens with zero attached hydrogens (tertiary/aromatic N) is 1. The molecule has 1 aliphatic heterocycles. The minimum absolute atomic E-state index is 0.126. The number of carboxylic acid groups (broad SMARTS) is 1. The van der Waals surface area contributed by atoms with E-state index in [1.807, 2.05) is 0 Å². The molecule has 18 heavy (non-hydrogen) atoms. The number of methoxy groups -OCH3 is 1. The van der Waals surface area contributed by atoms with Crippen molar-refractivity contribution in [3.63, 3.8) is 0 Å². The second kappa shape index (κ2) is 5.97. The first kappa shape index (κ1) is 13.0. The van der Waals surface area contributed by atoms with E-state index in [-0.39, 0.29) is 18.5 Å². The summed E-state index contributed by atoms with van der Waals surface area (Å²) in [7, 11) is 1.49. The van der Waals surface area contributed by atoms with Crippen molar-refractivity contribution in [2.75, 3.05) is 13.7 Å². The Bertz CT molecular complexity index is 409. The standard InChI is InChI=1S/C12H17NO5/c1-16-7-9-11(12(14)15)18-10(13-9)5-4-8-3-2-6-17-8/h8H,2-7H2,1H3,(H,14,15). The molecule has 1 aromatic heterocycles. The molecule has 1 N–H and O–H groups in total. The zero-order valence-electron chi connectivity index (χ0n) is 10.3. The SMILES string of the molecule is COCc1nc(CCC2CCCO2)oc1C(=O)O. The molecule has 0 aliphatic carbocycles. The molecule has 100 valence electrons. The monoisotopic (exact) mass is 255 g/mol. The minimum atomic E-state index is -1.11. The molecule has 0 saturated carbocycles. The molecule has 6 nitrogen and oxygen atoms in total. The van der Waals surface area contributed by atoms with Crippen LogP contribution in [0.5, 0.6) is 0 Å². The van der Waals surface area contributed by atoms with Gasteiger partial charge in [-0.15, -0.1) is 0 Å². The van der Waals surface area contributed by atoms with Gasteiger partial charge in [-0.1, -0.05) is 0 Å². The normalized spacial score (nSPS) is 19.3. The lowest BCUT2D eigenvalue weighted by Gasteiger charge is -2.05. The van der Waals surface area contributed by atoms with Crippen LogP contribution in [0.1, 0.15) is 41.4 Å². The maximum Gasteiger partial charge on any atom is 0.373 e. The molecule has 1 saturated heterocycles. The van der Waals surface area contributed by atoms with Crippen LogP contribution in [0, 0.1) is 0 Å². The number of carboxylic acids is 1. The number of rotatable bonds is 6. The third-order valence-corrected chi connectivity index (χ3v) is 2.92. The fraction of sp³-hybridized carbons (Fsp3) is 0.667. The number of oxazole rings is 1. The number of aromatic carboxylic acids is 1. The molecule has 1 fully saturated rings. The highest BCUT2D eigenvalue weighted by Crippen LogP contribution is 2.19. The third-order valence-electron chi connectivity index (χ3n) is 2.92. The molecule has 0 radical (unpaired) electrons. The van der Waals surface area contributed by atoms with Gasteiger partial charge in [0.05, 0.1) is 12.7 Å². The van der Waals surface area contributed by atoms with Crippen LogP contribution in [-0.4, -0.2) is 35.9 Å². The van der Waals surface area contributed by atoms with Gasteiger partial charge < -0.3 is 19.0 Å². The predicted molar refractivity (Wildman–Crippen MR) is 61.5 cm³/mol. The molecule has 0 aromatic carbocycles. The molecule has 0 bridgehead atoms. The number of aromatic nitrogens is 1. The molecule has 2 heterocycles. The van der Waals surface area contributed by atoms with Gasteiger partial charge in [0.25, 0.3) is 0 Å². The summed E-state index contributed by atoms with van der Waals surface area (Å²) in [6.45, 7) is 0.955. The van der Waals surface area contributed by atoms with E-state index in [1.165, 1.54) is 7.11 Å². The first-order valence-electron chi connectivity index (χ1n) is 6.03. The predicted octanol–water partition coefficient (Wildman–Crippen LogP) is 1.63. The van der Waals surface area contributed by atoms with Gasteiger partial charge in [0.1, 0.15) is 5.69 Å². The Morgan fingerprint density at radius 1 is 1.61 bits per heavy atom. The first-order valence-corrected chi connectivity index (χ1v) is 6.03. The van der Waals surface area contributed by atoms with Crippen LogP contribution in [0.3, 0.4) is 0 Å². The van der Waals surface area contributed by atoms with Gasteiger partial charge in [-0.25, -0.2) is 9.78 Å². The smallest absolute Gasteiger partial charge is 0.373 e. The molecule has 1 aliphatic rings. The number of carbonyl (C=O) groups is 1. The van der Waals surface area contributed by atoms with Gasteiger partial charge >= 0.3 is 5.97 Å². The van der Waals surface area contributed by atoms with Crippen molar-refractivity contribution < 1.29 is 23.8 Å². The molecule has 0 amide bonds. The second-order valence-corrected chi connectivity index (χ2v) is 4.30. The summed E-state index contributed by atoms with van der Waals surface area (Å²) in [5.74, 6) is -0.799. The molecule has 2 rings (SSSR count). The Balaban J connectivity index is 1.99. The van der Waals surface area contributed by atoms with E-state index < -0.39 is 5.97 Å². The second-order valence-electron chi connectivity index (χ2n) is 4.30. The summed E-state index contributed by atoms with van der Waals surface area (Å²) in [6.07, 6.45) is 3.79. The zero-order chi connectivity index (χ0) is 13.0. The van der Waals surface area contributed by atoms with Crippen molar-refractivity contribution in [1.29, 1.82) is 0 Å². The maximum absolute atomic E-state index is 11.0. The molecule has 1 aromatic rings. The van der Waals surface area contributed by atoms with Gasteiger partial charge in [-0.2, -0.15) is 0 Å². The van der Waals surface area contributed by atoms with Gasteiger partial charge in [-0.05, 0) is 19.3 Å². The average Bonchev–Trinajstić information content (AvgIpc) is 2.95. The number of ether oxygens (including phenoxy) is 2. The summed E-state index contributed by atoms with van der Waals surface area (Å²) in [5.41, 5.74) is 0.340. The van der Waals surface area contributed by atoms with Gasteiger partial charge in [0.15, 0.2) is 5.89 Å². The van der Waals surface area contributed by atoms with Crippen LogP contribution >= 0.6 is 0 Å². The molecular formula is C12H17NO5. The van der Waals surface area contributed by atoms with E-state index in [4.69, 9.17) is 19.0 Å². The van der Waals surface area contributed by atoms with Crippen molar-refractivity contribution in [1.82, 2.24) is 4.98 Å². The fourth-order valence-corrected chi connectivity index (χ4v) is 2.07. The van der Waals surface area contributed by atoms with Gasteiger partial charge in [-0.3, -0.25) is 0 Å². The Hall–Kier alpha value is -1.40. The Morgan fingerprint density at radius 2 is 2.44 bits per heavy atom. The van der Waals surface area contributed by atoms with Crippen LogP contribution in [0.25, 0.3) is 0 Å². The lowest BCUT2D eigenvalue weighted by molar-refractivity contribution is 0.0652. The van der Waals surface area contributed by atoms with Crippen molar-refractivity contribution in [3.05, 3.63) is 17.3 Å². The van der Waals surface area contributed by atoms with Crippen molar-refractivity contribution in [2.45, 2.75) is 38.4 Å². The largest absolute Gasteiger partial charge is 0.475 e. The highest BCUT2D eigenvalue weighted by molar-refractivity contribution is 5.85. The molecule has 1 unspecified atom stereocenters. The number of hydrogen-bond donors (Lipinski definition) is 1. The molecular weight excluding hydrogens is 238 g/mol.